The number of hydrogen-bond donors (Lipinski definition) is 1. The molecule has 0 fully saturated rings. The Balaban J connectivity index is 2.49. The van der Waals surface area contributed by atoms with Crippen molar-refractivity contribution in [2.24, 2.45) is 10.1 Å². The molecule has 1 rings (SSSR count). The van der Waals surface area contributed by atoms with E-state index in [0.717, 1.165) is 5.71 Å². The van der Waals surface area contributed by atoms with Crippen LogP contribution in [0.4, 0.5) is 0 Å². The second kappa shape index (κ2) is 3.95. The van der Waals surface area contributed by atoms with Gasteiger partial charge in [0.1, 0.15) is 12.3 Å². The summed E-state index contributed by atoms with van der Waals surface area (Å²) in [6.45, 7) is 5.20. The largest absolute Gasteiger partial charge is 0.396 e. The predicted molar refractivity (Wildman–Crippen MR) is 45.0 cm³/mol. The average Bonchev–Trinajstić information content (AvgIpc) is 2.03. The van der Waals surface area contributed by atoms with Crippen LogP contribution < -0.4 is 5.32 Å². The van der Waals surface area contributed by atoms with Gasteiger partial charge in [0.25, 0.3) is 0 Å². The summed E-state index contributed by atoms with van der Waals surface area (Å²) in [7, 11) is 0. The van der Waals surface area contributed by atoms with Crippen molar-refractivity contribution in [1.82, 2.24) is 5.32 Å². The Labute approximate surface area is 66.3 Å². The summed E-state index contributed by atoms with van der Waals surface area (Å²) < 4.78 is 0. The lowest BCUT2D eigenvalue weighted by Crippen LogP contribution is -2.38. The Morgan fingerprint density at radius 2 is 2.73 bits per heavy atom. The summed E-state index contributed by atoms with van der Waals surface area (Å²) in [6, 6.07) is 0.249. The summed E-state index contributed by atoms with van der Waals surface area (Å²) in [4.78, 5) is 8.93. The van der Waals surface area contributed by atoms with E-state index >= 15 is 0 Å². The zero-order valence-electron chi connectivity index (χ0n) is 6.87. The number of aliphatic imine (C=N–C) groups is 1. The SMILES string of the molecule is CCON=C1CN=CNC1C. The molecule has 1 aliphatic heterocycles. The first-order valence-corrected chi connectivity index (χ1v) is 3.77. The Bertz CT molecular complexity index is 177. The van der Waals surface area contributed by atoms with Gasteiger partial charge in [0, 0.05) is 0 Å². The molecule has 1 heterocycles. The third-order valence-electron chi connectivity index (χ3n) is 1.48. The van der Waals surface area contributed by atoms with Crippen LogP contribution in [0, 0.1) is 0 Å². The standard InChI is InChI=1S/C7H13N3O/c1-3-11-10-7-4-8-5-9-6(7)2/h5-6H,3-4H2,1-2H3,(H,8,9). The van der Waals surface area contributed by atoms with E-state index in [1.54, 1.807) is 6.34 Å². The van der Waals surface area contributed by atoms with Gasteiger partial charge in [-0.1, -0.05) is 5.16 Å². The van der Waals surface area contributed by atoms with Crippen molar-refractivity contribution in [3.8, 4) is 0 Å². The molecule has 1 N–H and O–H groups in total. The zero-order chi connectivity index (χ0) is 8.10. The average molecular weight is 155 g/mol. The molecule has 0 saturated heterocycles. The van der Waals surface area contributed by atoms with E-state index in [0.29, 0.717) is 13.2 Å². The molecule has 0 aromatic heterocycles. The molecule has 1 unspecified atom stereocenters. The van der Waals surface area contributed by atoms with Crippen molar-refractivity contribution in [2.75, 3.05) is 13.2 Å². The van der Waals surface area contributed by atoms with E-state index in [1.807, 2.05) is 13.8 Å². The smallest absolute Gasteiger partial charge is 0.114 e. The quantitative estimate of drug-likeness (QED) is 0.587. The molecule has 4 nitrogen and oxygen atoms in total. The summed E-state index contributed by atoms with van der Waals surface area (Å²) in [5.74, 6) is 0. The highest BCUT2D eigenvalue weighted by molar-refractivity contribution is 5.94. The first-order chi connectivity index (χ1) is 5.34. The Hall–Kier alpha value is -1.06. The van der Waals surface area contributed by atoms with Crippen LogP contribution in [-0.2, 0) is 4.84 Å². The molecule has 0 radical (unpaired) electrons. The first kappa shape index (κ1) is 8.04. The van der Waals surface area contributed by atoms with Gasteiger partial charge in [-0.15, -0.1) is 0 Å². The molecule has 0 aromatic rings. The van der Waals surface area contributed by atoms with Gasteiger partial charge in [0.05, 0.1) is 18.9 Å². The van der Waals surface area contributed by atoms with E-state index in [2.05, 4.69) is 15.5 Å². The molecule has 0 aliphatic carbocycles. The third-order valence-corrected chi connectivity index (χ3v) is 1.48. The molecule has 4 heteroatoms. The van der Waals surface area contributed by atoms with Crippen molar-refractivity contribution in [3.63, 3.8) is 0 Å². The van der Waals surface area contributed by atoms with Gasteiger partial charge in [-0.2, -0.15) is 0 Å². The lowest BCUT2D eigenvalue weighted by atomic mass is 10.2. The van der Waals surface area contributed by atoms with Crippen molar-refractivity contribution in [1.29, 1.82) is 0 Å². The van der Waals surface area contributed by atoms with Crippen LogP contribution in [-0.4, -0.2) is 31.2 Å². The molecular formula is C7H13N3O. The number of nitrogens with one attached hydrogen (secondary N) is 1. The van der Waals surface area contributed by atoms with Gasteiger partial charge in [0.15, 0.2) is 0 Å². The summed E-state index contributed by atoms with van der Waals surface area (Å²) >= 11 is 0. The molecule has 0 amide bonds. The van der Waals surface area contributed by atoms with E-state index in [4.69, 9.17) is 4.84 Å². The number of hydrogen-bond acceptors (Lipinski definition) is 4. The van der Waals surface area contributed by atoms with Gasteiger partial charge in [0.2, 0.25) is 0 Å². The van der Waals surface area contributed by atoms with E-state index in [1.165, 1.54) is 0 Å². The lowest BCUT2D eigenvalue weighted by molar-refractivity contribution is 0.157. The number of rotatable bonds is 2. The van der Waals surface area contributed by atoms with E-state index in [9.17, 15) is 0 Å². The normalized spacial score (nSPS) is 26.7. The second-order valence-corrected chi connectivity index (χ2v) is 2.36. The zero-order valence-corrected chi connectivity index (χ0v) is 6.87. The minimum absolute atomic E-state index is 0.249. The first-order valence-electron chi connectivity index (χ1n) is 3.77. The maximum absolute atomic E-state index is 4.92. The molecule has 0 spiro atoms. The third kappa shape index (κ3) is 2.22. The molecule has 1 aliphatic rings. The van der Waals surface area contributed by atoms with Crippen LogP contribution >= 0.6 is 0 Å². The number of oxime groups is 1. The van der Waals surface area contributed by atoms with Gasteiger partial charge in [-0.25, -0.2) is 0 Å². The minimum atomic E-state index is 0.249. The van der Waals surface area contributed by atoms with Crippen LogP contribution in [0.2, 0.25) is 0 Å². The monoisotopic (exact) mass is 155 g/mol. The molecule has 11 heavy (non-hydrogen) atoms. The van der Waals surface area contributed by atoms with Crippen LogP contribution in [0.15, 0.2) is 10.1 Å². The Morgan fingerprint density at radius 3 is 3.36 bits per heavy atom. The van der Waals surface area contributed by atoms with Gasteiger partial charge in [-0.3, -0.25) is 4.99 Å². The fraction of sp³-hybridized carbons (Fsp3) is 0.714. The highest BCUT2D eigenvalue weighted by atomic mass is 16.6. The highest BCUT2D eigenvalue weighted by Gasteiger charge is 2.11. The van der Waals surface area contributed by atoms with E-state index in [-0.39, 0.29) is 6.04 Å². The molecule has 0 bridgehead atoms. The van der Waals surface area contributed by atoms with Crippen molar-refractivity contribution in [2.45, 2.75) is 19.9 Å². The Kier molecular flexibility index (Phi) is 2.89. The summed E-state index contributed by atoms with van der Waals surface area (Å²) in [5.41, 5.74) is 0.953. The van der Waals surface area contributed by atoms with Gasteiger partial charge < -0.3 is 10.2 Å². The summed E-state index contributed by atoms with van der Waals surface area (Å²) in [5, 5.41) is 6.96. The maximum atomic E-state index is 4.92. The topological polar surface area (TPSA) is 46.0 Å². The van der Waals surface area contributed by atoms with Crippen LogP contribution in [0.25, 0.3) is 0 Å². The number of nitrogens with zero attached hydrogens (tertiary/aromatic N) is 2. The van der Waals surface area contributed by atoms with Crippen molar-refractivity contribution >= 4 is 12.1 Å². The fourth-order valence-corrected chi connectivity index (χ4v) is 0.792. The lowest BCUT2D eigenvalue weighted by Gasteiger charge is -2.16. The maximum Gasteiger partial charge on any atom is 0.114 e. The van der Waals surface area contributed by atoms with Crippen LogP contribution in [0.3, 0.4) is 0 Å². The van der Waals surface area contributed by atoms with Crippen LogP contribution in [0.1, 0.15) is 13.8 Å². The molecule has 1 atom stereocenters. The highest BCUT2D eigenvalue weighted by Crippen LogP contribution is 1.94. The molecule has 0 saturated carbocycles. The minimum Gasteiger partial charge on any atom is -0.396 e. The second-order valence-electron chi connectivity index (χ2n) is 2.36. The molecular weight excluding hydrogens is 142 g/mol. The van der Waals surface area contributed by atoms with Gasteiger partial charge >= 0.3 is 0 Å². The van der Waals surface area contributed by atoms with Gasteiger partial charge in [-0.05, 0) is 13.8 Å². The predicted octanol–water partition coefficient (Wildman–Crippen LogP) is 0.399. The van der Waals surface area contributed by atoms with E-state index < -0.39 is 0 Å². The molecule has 0 aromatic carbocycles. The van der Waals surface area contributed by atoms with Crippen LogP contribution in [0.5, 0.6) is 0 Å². The molecule has 62 valence electrons. The van der Waals surface area contributed by atoms with Crippen molar-refractivity contribution in [3.05, 3.63) is 0 Å². The fourth-order valence-electron chi connectivity index (χ4n) is 0.792. The van der Waals surface area contributed by atoms with Crippen molar-refractivity contribution < 1.29 is 4.84 Å². The summed E-state index contributed by atoms with van der Waals surface area (Å²) in [6.07, 6.45) is 1.70. The Morgan fingerprint density at radius 1 is 1.91 bits per heavy atom.